The monoisotopic (exact) mass is 1840 g/mol. The number of pyridine rings is 4. The molecule has 0 unspecified atom stereocenters. The molecule has 4 atom stereocenters. The molecule has 134 heavy (non-hydrogen) atoms. The average molecular weight is 1840 g/mol. The molecule has 2 aromatic carbocycles. The van der Waals surface area contributed by atoms with E-state index >= 15 is 4.79 Å². The van der Waals surface area contributed by atoms with Gasteiger partial charge in [-0.2, -0.15) is 5.10 Å². The number of urea groups is 2. The molecule has 714 valence electrons. The lowest BCUT2D eigenvalue weighted by molar-refractivity contribution is -0.157. The number of anilines is 4. The normalized spacial score (nSPS) is 18.8. The van der Waals surface area contributed by atoms with Crippen LogP contribution in [0.3, 0.4) is 0 Å². The highest BCUT2D eigenvalue weighted by atomic mass is 16.6. The molecule has 0 radical (unpaired) electrons. The molecular formula is C99H127N19O16. The van der Waals surface area contributed by atoms with E-state index in [1.807, 2.05) is 126 Å². The molecule has 2 spiro atoms. The summed E-state index contributed by atoms with van der Waals surface area (Å²) in [6.07, 6.45) is 17.2. The number of piperidine rings is 4. The first-order valence-corrected chi connectivity index (χ1v) is 47.1. The third-order valence-electron chi connectivity index (χ3n) is 27.1. The number of aliphatic imine (C=N–C) groups is 1. The molecule has 0 aliphatic carbocycles. The molecule has 14 heterocycles. The molecule has 35 heteroatoms. The molecule has 9 aliphatic heterocycles. The van der Waals surface area contributed by atoms with E-state index in [0.717, 1.165) is 61.3 Å². The van der Waals surface area contributed by atoms with E-state index < -0.39 is 70.0 Å². The van der Waals surface area contributed by atoms with Gasteiger partial charge in [-0.3, -0.25) is 49.6 Å². The Morgan fingerprint density at radius 3 is 1.36 bits per heavy atom. The molecule has 4 N–H and O–H groups in total. The van der Waals surface area contributed by atoms with Crippen LogP contribution in [0.5, 0.6) is 0 Å². The summed E-state index contributed by atoms with van der Waals surface area (Å²) in [6.45, 7) is 28.5. The molecule has 0 bridgehead atoms. The molecule has 0 saturated carbocycles. The van der Waals surface area contributed by atoms with Crippen molar-refractivity contribution in [2.24, 2.45) is 34.1 Å². The van der Waals surface area contributed by atoms with Crippen LogP contribution < -0.4 is 31.1 Å². The van der Waals surface area contributed by atoms with Crippen LogP contribution in [0.1, 0.15) is 184 Å². The number of carbonyl (C=O) groups is 11. The Balaban J connectivity index is 0.000000206. The lowest BCUT2D eigenvalue weighted by atomic mass is 9.82. The summed E-state index contributed by atoms with van der Waals surface area (Å²) in [5, 5.41) is 17.0. The molecular weight excluding hydrogens is 1710 g/mol. The number of fused-ring (bicyclic) bond motifs is 6. The number of aromatic nitrogens is 6. The predicted molar refractivity (Wildman–Crippen MR) is 501 cm³/mol. The Morgan fingerprint density at radius 1 is 0.507 bits per heavy atom. The summed E-state index contributed by atoms with van der Waals surface area (Å²) >= 11 is 0. The number of hydrogen-bond donors (Lipinski definition) is 4. The van der Waals surface area contributed by atoms with Crippen molar-refractivity contribution < 1.29 is 76.4 Å². The number of aryl methyl sites for hydroxylation is 2. The minimum atomic E-state index is -1.02. The third kappa shape index (κ3) is 23.5. The van der Waals surface area contributed by atoms with Crippen LogP contribution in [0, 0.1) is 42.9 Å². The number of Topliss-reactive ketones (excluding diaryl/α,β-unsaturated/α-hetero) is 2. The van der Waals surface area contributed by atoms with Crippen LogP contribution in [0.25, 0.3) is 10.9 Å². The van der Waals surface area contributed by atoms with Gasteiger partial charge in [0.05, 0.1) is 29.6 Å². The Hall–Kier alpha value is -12.9. The zero-order chi connectivity index (χ0) is 95.0. The zero-order valence-corrected chi connectivity index (χ0v) is 78.9. The van der Waals surface area contributed by atoms with Crippen molar-refractivity contribution >= 4 is 106 Å². The van der Waals surface area contributed by atoms with Crippen LogP contribution in [-0.4, -0.2) is 259 Å². The van der Waals surface area contributed by atoms with E-state index in [1.54, 1.807) is 101 Å². The average Bonchev–Trinajstić information content (AvgIpc) is 0.808. The van der Waals surface area contributed by atoms with Gasteiger partial charge >= 0.3 is 42.4 Å². The maximum absolute atomic E-state index is 15.1. The van der Waals surface area contributed by atoms with Gasteiger partial charge in [0, 0.05) is 233 Å². The number of amides is 10. The minimum absolute atomic E-state index is 0.0398. The SMILES string of the molecule is Cc1cc(C[C@@H](NC(=O)N2CCC3(CC2)OC(=O)Nc2ncccc23)C(=O)C[C@@H](CC2CCN(C(=O)OC(C)(C)C)CC2)C(=O)N2CCN(c3ccncc3)CC2)cc2c1CN=C2.Cc1cc(C[C@@H](NC(=O)N2CCC3(CC2)OC(=O)Nc2ncccc23)C(=O)C[C@@H](CC2CCN(C(=O)OC(C)(C)C)CC2)C(=O)N2CCN(c3ccncc3)CC2)cc2cn(COC(=O)C(C)(C)C)nc12. The number of esters is 1. The van der Waals surface area contributed by atoms with E-state index in [9.17, 15) is 47.9 Å². The van der Waals surface area contributed by atoms with Crippen LogP contribution >= 0.6 is 0 Å². The van der Waals surface area contributed by atoms with Crippen LogP contribution in [0.15, 0.2) is 121 Å². The Labute approximate surface area is 781 Å². The van der Waals surface area contributed by atoms with Crippen molar-refractivity contribution in [2.75, 3.05) is 125 Å². The highest BCUT2D eigenvalue weighted by Crippen LogP contribution is 2.45. The van der Waals surface area contributed by atoms with E-state index in [2.05, 4.69) is 67.2 Å². The lowest BCUT2D eigenvalue weighted by Crippen LogP contribution is -2.55. The van der Waals surface area contributed by atoms with Gasteiger partial charge in [-0.1, -0.05) is 12.1 Å². The minimum Gasteiger partial charge on any atom is -0.444 e. The van der Waals surface area contributed by atoms with E-state index in [0.29, 0.717) is 166 Å². The summed E-state index contributed by atoms with van der Waals surface area (Å²) < 4.78 is 30.2. The molecule has 5 aromatic heterocycles. The molecule has 6 fully saturated rings. The summed E-state index contributed by atoms with van der Waals surface area (Å²) in [5.74, 6) is -1.23. The van der Waals surface area contributed by atoms with Gasteiger partial charge in [-0.05, 0) is 233 Å². The van der Waals surface area contributed by atoms with Gasteiger partial charge in [0.25, 0.3) is 0 Å². The van der Waals surface area contributed by atoms with E-state index in [4.69, 9.17) is 23.7 Å². The van der Waals surface area contributed by atoms with Crippen molar-refractivity contribution in [1.82, 2.24) is 69.7 Å². The maximum Gasteiger partial charge on any atom is 0.413 e. The van der Waals surface area contributed by atoms with Crippen molar-refractivity contribution in [3.05, 3.63) is 161 Å². The van der Waals surface area contributed by atoms with Crippen molar-refractivity contribution in [2.45, 2.75) is 214 Å². The smallest absolute Gasteiger partial charge is 0.413 e. The molecule has 10 amide bonds. The van der Waals surface area contributed by atoms with Gasteiger partial charge in [0.2, 0.25) is 11.8 Å². The fraction of sp³-hybridized carbons (Fsp3) is 0.545. The molecule has 16 rings (SSSR count). The lowest BCUT2D eigenvalue weighted by Gasteiger charge is -2.43. The molecule has 7 aromatic rings. The third-order valence-corrected chi connectivity index (χ3v) is 27.1. The number of nitrogens with one attached hydrogen (secondary N) is 4. The van der Waals surface area contributed by atoms with Crippen molar-refractivity contribution in [3.63, 3.8) is 0 Å². The fourth-order valence-corrected chi connectivity index (χ4v) is 19.8. The van der Waals surface area contributed by atoms with Gasteiger partial charge in [-0.15, -0.1) is 0 Å². The van der Waals surface area contributed by atoms with Gasteiger partial charge in [0.15, 0.2) is 18.3 Å². The Kier molecular flexibility index (Phi) is 29.2. The van der Waals surface area contributed by atoms with Crippen LogP contribution in [0.2, 0.25) is 0 Å². The number of ketones is 2. The van der Waals surface area contributed by atoms with Crippen LogP contribution in [0.4, 0.5) is 51.8 Å². The van der Waals surface area contributed by atoms with E-state index in [-0.39, 0.29) is 118 Å². The van der Waals surface area contributed by atoms with Crippen molar-refractivity contribution in [3.8, 4) is 0 Å². The Morgan fingerprint density at radius 2 is 0.933 bits per heavy atom. The first-order valence-electron chi connectivity index (χ1n) is 47.1. The van der Waals surface area contributed by atoms with E-state index in [1.165, 1.54) is 0 Å². The second-order valence-corrected chi connectivity index (χ2v) is 40.0. The number of benzene rings is 2. The number of hydrogen-bond acceptors (Lipinski definition) is 24. The molecule has 9 aliphatic rings. The first-order chi connectivity index (χ1) is 64.0. The Bertz CT molecular complexity index is 5490. The summed E-state index contributed by atoms with van der Waals surface area (Å²) in [6, 6.07) is 20.4. The number of ether oxygens (including phenoxy) is 5. The van der Waals surface area contributed by atoms with Gasteiger partial charge < -0.3 is 73.5 Å². The van der Waals surface area contributed by atoms with Gasteiger partial charge in [0.1, 0.15) is 34.0 Å². The number of nitrogens with zero attached hydrogens (tertiary/aromatic N) is 15. The second kappa shape index (κ2) is 40.9. The number of rotatable bonds is 22. The van der Waals surface area contributed by atoms with Crippen molar-refractivity contribution in [1.29, 1.82) is 0 Å². The highest BCUT2D eigenvalue weighted by Gasteiger charge is 2.49. The summed E-state index contributed by atoms with van der Waals surface area (Å²) in [4.78, 5) is 188. The second-order valence-electron chi connectivity index (χ2n) is 40.0. The summed E-state index contributed by atoms with van der Waals surface area (Å²) in [5.41, 5.74) is 6.25. The standard InChI is InChI=1S/C52H68N10O9.C47H59N9O7/c1-34-27-36(29-38-32-62(57-43(34)38)33-69-46(65)50(2,3)4)30-41(55-47(66)60-21-14-52(15-22-60)40-9-8-16-54-44(40)56-48(67)70-52)42(63)31-37(28-35-12-19-61(20-13-35)49(68)71-51(5,6)7)45(64)59-25-23-58(24-26-59)39-10-17-53-18-11-39;1-31-24-33(26-35-29-49-30-37(31)35)27-39(51-43(59)55-18-11-47(12-19-55)38-6-5-13-50-41(38)52-44(60)62-47)40(57)28-34(25-32-9-16-56(17-10-32)45(61)63-46(2,3)4)42(58)54-22-20-53(21-23-54)36-7-14-48-15-8-36/h8-11,16-18,27,29,32,35,37,41H,12-15,19-26,28,30-31,33H2,1-7H3,(H,55,66)(H,54,56,67);5-8,13-15,24,26,29,32,34,39H,9-12,16-23,25,27-28,30H2,1-4H3,(H,51,59)(H,50,52,60)/t37-,41-;34-,39-/m11/s1. The predicted octanol–water partition coefficient (Wildman–Crippen LogP) is 12.7. The number of piperazine rings is 2. The molecule has 6 saturated heterocycles. The first kappa shape index (κ1) is 95.8. The topological polar surface area (TPSA) is 390 Å². The fourth-order valence-electron chi connectivity index (χ4n) is 19.8. The molecule has 35 nitrogen and oxygen atoms in total. The highest BCUT2D eigenvalue weighted by molar-refractivity contribution is 5.95. The maximum atomic E-state index is 15.1. The number of carbonyl (C=O) groups excluding carboxylic acids is 11. The van der Waals surface area contributed by atoms with Crippen LogP contribution in [-0.2, 0) is 85.0 Å². The summed E-state index contributed by atoms with van der Waals surface area (Å²) in [7, 11) is 0. The van der Waals surface area contributed by atoms with Gasteiger partial charge in [-0.25, -0.2) is 43.4 Å². The quantitative estimate of drug-likeness (QED) is 0.0362. The zero-order valence-electron chi connectivity index (χ0n) is 78.9. The largest absolute Gasteiger partial charge is 0.444 e. The number of likely N-dealkylation sites (tertiary alicyclic amines) is 4.